The number of amides is 1. The number of likely N-dealkylation sites (N-methyl/N-ethyl adjacent to an activating group) is 1. The molecule has 0 bridgehead atoms. The summed E-state index contributed by atoms with van der Waals surface area (Å²) in [6.45, 7) is -1.30. The maximum absolute atomic E-state index is 12.1. The number of benzene rings is 1. The summed E-state index contributed by atoms with van der Waals surface area (Å²) < 4.78 is 29.5. The molecule has 0 radical (unpaired) electrons. The number of nitrogens with one attached hydrogen (secondary N) is 1. The van der Waals surface area contributed by atoms with Gasteiger partial charge in [-0.15, -0.1) is 11.3 Å². The molecule has 1 heterocycles. The van der Waals surface area contributed by atoms with Crippen LogP contribution in [-0.4, -0.2) is 37.6 Å². The molecule has 1 aromatic heterocycles. The lowest BCUT2D eigenvalue weighted by Gasteiger charge is -2.15. The largest absolute Gasteiger partial charge is 0.435 e. The van der Waals surface area contributed by atoms with Crippen LogP contribution in [0.15, 0.2) is 40.2 Å². The van der Waals surface area contributed by atoms with E-state index in [2.05, 4.69) is 26.0 Å². The summed E-state index contributed by atoms with van der Waals surface area (Å²) in [5.74, 6) is 0.0837. The highest BCUT2D eigenvalue weighted by molar-refractivity contribution is 9.10. The van der Waals surface area contributed by atoms with Crippen molar-refractivity contribution < 1.29 is 18.3 Å². The Morgan fingerprint density at radius 2 is 2.08 bits per heavy atom. The molecule has 0 saturated carbocycles. The van der Waals surface area contributed by atoms with Gasteiger partial charge in [0, 0.05) is 27.8 Å². The van der Waals surface area contributed by atoms with Crippen LogP contribution in [0.4, 0.5) is 8.78 Å². The van der Waals surface area contributed by atoms with Crippen LogP contribution in [-0.2, 0) is 17.8 Å². The summed E-state index contributed by atoms with van der Waals surface area (Å²) in [7, 11) is 1.90. The summed E-state index contributed by atoms with van der Waals surface area (Å²) in [4.78, 5) is 15.1. The van der Waals surface area contributed by atoms with E-state index >= 15 is 0 Å². The van der Waals surface area contributed by atoms with Gasteiger partial charge in [-0.1, -0.05) is 12.1 Å². The number of hydrogen-bond donors (Lipinski definition) is 1. The molecule has 0 saturated heterocycles. The monoisotopic (exact) mass is 432 g/mol. The van der Waals surface area contributed by atoms with E-state index in [9.17, 15) is 13.6 Å². The van der Waals surface area contributed by atoms with E-state index in [-0.39, 0.29) is 11.7 Å². The van der Waals surface area contributed by atoms with E-state index in [1.54, 1.807) is 23.5 Å². The summed E-state index contributed by atoms with van der Waals surface area (Å²) in [6.07, 6.45) is 0.627. The molecule has 4 nitrogen and oxygen atoms in total. The van der Waals surface area contributed by atoms with Gasteiger partial charge >= 0.3 is 6.61 Å². The van der Waals surface area contributed by atoms with Crippen LogP contribution in [0.2, 0.25) is 0 Å². The fourth-order valence-corrected chi connectivity index (χ4v) is 3.77. The third-order valence-electron chi connectivity index (χ3n) is 3.35. The van der Waals surface area contributed by atoms with Gasteiger partial charge in [-0.3, -0.25) is 9.69 Å². The van der Waals surface area contributed by atoms with Gasteiger partial charge in [-0.25, -0.2) is 0 Å². The predicted molar refractivity (Wildman–Crippen MR) is 98.1 cm³/mol. The minimum absolute atomic E-state index is 0.0456. The SMILES string of the molecule is CN(CC(=O)NCCc1ccc(OC(F)F)cc1)Cc1cc(Br)cs1. The van der Waals surface area contributed by atoms with Gasteiger partial charge in [-0.05, 0) is 53.2 Å². The Morgan fingerprint density at radius 1 is 1.36 bits per heavy atom. The fourth-order valence-electron chi connectivity index (χ4n) is 2.24. The summed E-state index contributed by atoms with van der Waals surface area (Å²) in [6, 6.07) is 8.46. The van der Waals surface area contributed by atoms with Crippen molar-refractivity contribution in [2.45, 2.75) is 19.6 Å². The number of carbonyl (C=O) groups excluding carboxylic acids is 1. The molecule has 0 aliphatic heterocycles. The Morgan fingerprint density at radius 3 is 2.68 bits per heavy atom. The maximum Gasteiger partial charge on any atom is 0.387 e. The van der Waals surface area contributed by atoms with E-state index in [1.165, 1.54) is 17.0 Å². The molecule has 136 valence electrons. The molecule has 1 amide bonds. The minimum atomic E-state index is -2.82. The topological polar surface area (TPSA) is 41.6 Å². The first-order chi connectivity index (χ1) is 11.9. The molecule has 0 spiro atoms. The van der Waals surface area contributed by atoms with Crippen LogP contribution >= 0.6 is 27.3 Å². The second-order valence-electron chi connectivity index (χ2n) is 5.53. The Hall–Kier alpha value is -1.51. The smallest absolute Gasteiger partial charge is 0.387 e. The zero-order valence-corrected chi connectivity index (χ0v) is 16.1. The number of nitrogens with zero attached hydrogens (tertiary/aromatic N) is 1. The van der Waals surface area contributed by atoms with Gasteiger partial charge in [0.05, 0.1) is 6.54 Å². The molecule has 2 aromatic rings. The van der Waals surface area contributed by atoms with Crippen molar-refractivity contribution in [2.75, 3.05) is 20.1 Å². The molecule has 0 fully saturated rings. The Balaban J connectivity index is 1.67. The molecule has 0 aliphatic rings. The second kappa shape index (κ2) is 9.84. The van der Waals surface area contributed by atoms with Crippen molar-refractivity contribution in [1.82, 2.24) is 10.2 Å². The standard InChI is InChI=1S/C17H19BrF2N2O2S/c1-22(9-15-8-13(18)11-25-15)10-16(23)21-7-6-12-2-4-14(5-3-12)24-17(19)20/h2-5,8,11,17H,6-7,9-10H2,1H3,(H,21,23). The first-order valence-electron chi connectivity index (χ1n) is 7.64. The molecule has 1 N–H and O–H groups in total. The number of ether oxygens (including phenoxy) is 1. The molecule has 8 heteroatoms. The third-order valence-corrected chi connectivity index (χ3v) is 5.03. The predicted octanol–water partition coefficient (Wildman–Crippen LogP) is 3.90. The maximum atomic E-state index is 12.1. The van der Waals surface area contributed by atoms with Crippen molar-refractivity contribution in [1.29, 1.82) is 0 Å². The van der Waals surface area contributed by atoms with Crippen molar-refractivity contribution in [3.8, 4) is 5.75 Å². The Bertz CT molecular complexity index is 680. The van der Waals surface area contributed by atoms with Gasteiger partial charge in [-0.2, -0.15) is 8.78 Å². The third kappa shape index (κ3) is 7.50. The van der Waals surface area contributed by atoms with Gasteiger partial charge in [0.1, 0.15) is 5.75 Å². The van der Waals surface area contributed by atoms with Crippen LogP contribution in [0.1, 0.15) is 10.4 Å². The van der Waals surface area contributed by atoms with Crippen LogP contribution in [0, 0.1) is 0 Å². The summed E-state index contributed by atoms with van der Waals surface area (Å²) >= 11 is 5.06. The molecule has 25 heavy (non-hydrogen) atoms. The van der Waals surface area contributed by atoms with Gasteiger partial charge in [0.25, 0.3) is 0 Å². The molecule has 0 unspecified atom stereocenters. The highest BCUT2D eigenvalue weighted by atomic mass is 79.9. The quantitative estimate of drug-likeness (QED) is 0.652. The molecule has 1 aromatic carbocycles. The lowest BCUT2D eigenvalue weighted by atomic mass is 10.1. The van der Waals surface area contributed by atoms with Crippen molar-refractivity contribution in [3.05, 3.63) is 50.6 Å². The Kier molecular flexibility index (Phi) is 7.80. The highest BCUT2D eigenvalue weighted by Crippen LogP contribution is 2.20. The van der Waals surface area contributed by atoms with Crippen molar-refractivity contribution in [3.63, 3.8) is 0 Å². The van der Waals surface area contributed by atoms with E-state index in [0.29, 0.717) is 19.5 Å². The normalized spacial score (nSPS) is 11.1. The van der Waals surface area contributed by atoms with Crippen LogP contribution in [0.3, 0.4) is 0 Å². The van der Waals surface area contributed by atoms with E-state index in [4.69, 9.17) is 0 Å². The zero-order chi connectivity index (χ0) is 18.2. The van der Waals surface area contributed by atoms with E-state index < -0.39 is 6.61 Å². The van der Waals surface area contributed by atoms with E-state index in [0.717, 1.165) is 16.6 Å². The zero-order valence-electron chi connectivity index (χ0n) is 13.7. The first-order valence-corrected chi connectivity index (χ1v) is 9.31. The number of thiophene rings is 1. The second-order valence-corrected chi connectivity index (χ2v) is 7.44. The fraction of sp³-hybridized carbons (Fsp3) is 0.353. The first kappa shape index (κ1) is 19.8. The van der Waals surface area contributed by atoms with Crippen molar-refractivity contribution >= 4 is 33.2 Å². The van der Waals surface area contributed by atoms with Crippen LogP contribution < -0.4 is 10.1 Å². The average Bonchev–Trinajstić information content (AvgIpc) is 2.93. The van der Waals surface area contributed by atoms with Crippen molar-refractivity contribution in [2.24, 2.45) is 0 Å². The van der Waals surface area contributed by atoms with Crippen LogP contribution in [0.5, 0.6) is 5.75 Å². The highest BCUT2D eigenvalue weighted by Gasteiger charge is 2.08. The summed E-state index contributed by atoms with van der Waals surface area (Å²) in [5, 5.41) is 4.88. The Labute approximate surface area is 157 Å². The number of carbonyl (C=O) groups is 1. The molecule has 0 aliphatic carbocycles. The molecular weight excluding hydrogens is 414 g/mol. The van der Waals surface area contributed by atoms with Crippen LogP contribution in [0.25, 0.3) is 0 Å². The van der Waals surface area contributed by atoms with E-state index in [1.807, 2.05) is 23.4 Å². The van der Waals surface area contributed by atoms with Gasteiger partial charge in [0.15, 0.2) is 0 Å². The number of rotatable bonds is 9. The lowest BCUT2D eigenvalue weighted by Crippen LogP contribution is -2.35. The molecule has 2 rings (SSSR count). The lowest BCUT2D eigenvalue weighted by molar-refractivity contribution is -0.122. The van der Waals surface area contributed by atoms with Gasteiger partial charge in [0.2, 0.25) is 5.91 Å². The van der Waals surface area contributed by atoms with Gasteiger partial charge < -0.3 is 10.1 Å². The molecule has 0 atom stereocenters. The molecular formula is C17H19BrF2N2O2S. The average molecular weight is 433 g/mol. The number of alkyl halides is 2. The minimum Gasteiger partial charge on any atom is -0.435 e. The summed E-state index contributed by atoms with van der Waals surface area (Å²) in [5.41, 5.74) is 0.943. The number of hydrogen-bond acceptors (Lipinski definition) is 4. The number of halogens is 3.